The summed E-state index contributed by atoms with van der Waals surface area (Å²) in [6, 6.07) is 1.94. The number of aryl methyl sites for hydroxylation is 3. The molecule has 112 valence electrons. The molecule has 0 saturated carbocycles. The summed E-state index contributed by atoms with van der Waals surface area (Å²) in [4.78, 5) is 14.5. The summed E-state index contributed by atoms with van der Waals surface area (Å²) in [7, 11) is 0. The molecule has 1 amide bonds. The van der Waals surface area contributed by atoms with Gasteiger partial charge in [0.2, 0.25) is 0 Å². The van der Waals surface area contributed by atoms with Gasteiger partial charge in [0.15, 0.2) is 5.82 Å². The highest BCUT2D eigenvalue weighted by Crippen LogP contribution is 2.20. The topological polar surface area (TPSA) is 59.8 Å². The molecular weight excluding hydrogens is 284 g/mol. The van der Waals surface area contributed by atoms with E-state index in [1.165, 1.54) is 12.8 Å². The zero-order valence-corrected chi connectivity index (χ0v) is 13.3. The van der Waals surface area contributed by atoms with Crippen LogP contribution in [-0.2, 0) is 19.5 Å². The lowest BCUT2D eigenvalue weighted by atomic mass is 10.2. The number of carbonyl (C=O) groups excluding carboxylic acids is 1. The molecule has 0 aliphatic carbocycles. The SMILES string of the molecule is Cc1cc(C(=O)NCc2nnc3n2CCCCC3)c(C)s1. The van der Waals surface area contributed by atoms with Gasteiger partial charge in [-0.2, -0.15) is 0 Å². The second kappa shape index (κ2) is 5.97. The van der Waals surface area contributed by atoms with Crippen molar-refractivity contribution in [3.63, 3.8) is 0 Å². The molecule has 3 heterocycles. The minimum absolute atomic E-state index is 0.0252. The smallest absolute Gasteiger partial charge is 0.252 e. The molecule has 5 nitrogen and oxygen atoms in total. The summed E-state index contributed by atoms with van der Waals surface area (Å²) < 4.78 is 2.17. The molecule has 0 unspecified atom stereocenters. The van der Waals surface area contributed by atoms with Crippen LogP contribution in [0.3, 0.4) is 0 Å². The van der Waals surface area contributed by atoms with Gasteiger partial charge >= 0.3 is 0 Å². The quantitative estimate of drug-likeness (QED) is 0.948. The van der Waals surface area contributed by atoms with Gasteiger partial charge in [-0.25, -0.2) is 0 Å². The highest BCUT2D eigenvalue weighted by molar-refractivity contribution is 7.12. The molecule has 0 aromatic carbocycles. The number of rotatable bonds is 3. The molecule has 0 fully saturated rings. The first-order valence-corrected chi connectivity index (χ1v) is 8.23. The molecule has 0 radical (unpaired) electrons. The predicted octanol–water partition coefficient (Wildman–Crippen LogP) is 2.61. The van der Waals surface area contributed by atoms with Gasteiger partial charge in [0, 0.05) is 22.7 Å². The molecule has 1 aliphatic heterocycles. The van der Waals surface area contributed by atoms with Gasteiger partial charge in [0.25, 0.3) is 5.91 Å². The Morgan fingerprint density at radius 3 is 2.95 bits per heavy atom. The summed E-state index contributed by atoms with van der Waals surface area (Å²) in [5, 5.41) is 11.5. The van der Waals surface area contributed by atoms with Crippen LogP contribution >= 0.6 is 11.3 Å². The molecule has 2 aromatic heterocycles. The highest BCUT2D eigenvalue weighted by atomic mass is 32.1. The summed E-state index contributed by atoms with van der Waals surface area (Å²) in [5.74, 6) is 1.90. The Kier molecular flexibility index (Phi) is 4.05. The first-order chi connectivity index (χ1) is 10.1. The van der Waals surface area contributed by atoms with Crippen molar-refractivity contribution >= 4 is 17.2 Å². The van der Waals surface area contributed by atoms with E-state index in [1.54, 1.807) is 11.3 Å². The maximum atomic E-state index is 12.2. The van der Waals surface area contributed by atoms with Gasteiger partial charge in [-0.1, -0.05) is 6.42 Å². The number of nitrogens with zero attached hydrogens (tertiary/aromatic N) is 3. The zero-order chi connectivity index (χ0) is 14.8. The van der Waals surface area contributed by atoms with Gasteiger partial charge in [-0.15, -0.1) is 21.5 Å². The van der Waals surface area contributed by atoms with Crippen LogP contribution in [0, 0.1) is 13.8 Å². The second-order valence-electron chi connectivity index (χ2n) is 5.50. The molecule has 21 heavy (non-hydrogen) atoms. The van der Waals surface area contributed by atoms with Crippen molar-refractivity contribution in [1.29, 1.82) is 0 Å². The number of thiophene rings is 1. The third-order valence-corrected chi connectivity index (χ3v) is 4.84. The van der Waals surface area contributed by atoms with Crippen LogP contribution in [0.25, 0.3) is 0 Å². The van der Waals surface area contributed by atoms with Crippen LogP contribution in [0.2, 0.25) is 0 Å². The average molecular weight is 304 g/mol. The van der Waals surface area contributed by atoms with Crippen LogP contribution < -0.4 is 5.32 Å². The van der Waals surface area contributed by atoms with Crippen molar-refractivity contribution in [2.75, 3.05) is 0 Å². The number of fused-ring (bicyclic) bond motifs is 1. The van der Waals surface area contributed by atoms with Gasteiger partial charge in [0.1, 0.15) is 5.82 Å². The van der Waals surface area contributed by atoms with Crippen LogP contribution in [0.15, 0.2) is 6.07 Å². The minimum Gasteiger partial charge on any atom is -0.345 e. The first-order valence-electron chi connectivity index (χ1n) is 7.41. The lowest BCUT2D eigenvalue weighted by Gasteiger charge is -2.08. The number of aromatic nitrogens is 3. The Morgan fingerprint density at radius 1 is 1.33 bits per heavy atom. The maximum Gasteiger partial charge on any atom is 0.252 e. The van der Waals surface area contributed by atoms with Crippen molar-refractivity contribution in [3.8, 4) is 0 Å². The van der Waals surface area contributed by atoms with E-state index in [0.717, 1.165) is 46.4 Å². The van der Waals surface area contributed by atoms with E-state index in [9.17, 15) is 4.79 Å². The second-order valence-corrected chi connectivity index (χ2v) is 6.96. The van der Waals surface area contributed by atoms with E-state index in [-0.39, 0.29) is 5.91 Å². The first kappa shape index (κ1) is 14.3. The largest absolute Gasteiger partial charge is 0.345 e. The number of hydrogen-bond acceptors (Lipinski definition) is 4. The highest BCUT2D eigenvalue weighted by Gasteiger charge is 2.16. The lowest BCUT2D eigenvalue weighted by Crippen LogP contribution is -2.25. The van der Waals surface area contributed by atoms with Crippen LogP contribution in [0.1, 0.15) is 51.0 Å². The number of hydrogen-bond donors (Lipinski definition) is 1. The third-order valence-electron chi connectivity index (χ3n) is 3.88. The Hall–Kier alpha value is -1.69. The molecule has 0 bridgehead atoms. The number of amides is 1. The average Bonchev–Trinajstić information content (AvgIpc) is 2.90. The van der Waals surface area contributed by atoms with E-state index < -0.39 is 0 Å². The fourth-order valence-corrected chi connectivity index (χ4v) is 3.71. The summed E-state index contributed by atoms with van der Waals surface area (Å²) in [6.45, 7) is 5.41. The van der Waals surface area contributed by atoms with Crippen molar-refractivity contribution in [2.45, 2.75) is 52.6 Å². The van der Waals surface area contributed by atoms with E-state index in [0.29, 0.717) is 6.54 Å². The van der Waals surface area contributed by atoms with Crippen molar-refractivity contribution in [2.24, 2.45) is 0 Å². The standard InChI is InChI=1S/C15H20N4OS/c1-10-8-12(11(2)21-10)15(20)16-9-14-18-17-13-6-4-3-5-7-19(13)14/h8H,3-7,9H2,1-2H3,(H,16,20). The van der Waals surface area contributed by atoms with Crippen molar-refractivity contribution in [1.82, 2.24) is 20.1 Å². The van der Waals surface area contributed by atoms with Crippen LogP contribution in [0.4, 0.5) is 0 Å². The van der Waals surface area contributed by atoms with Crippen LogP contribution in [-0.4, -0.2) is 20.7 Å². The summed E-state index contributed by atoms with van der Waals surface area (Å²) in [6.07, 6.45) is 4.57. The number of nitrogens with one attached hydrogen (secondary N) is 1. The van der Waals surface area contributed by atoms with E-state index >= 15 is 0 Å². The molecule has 0 saturated heterocycles. The number of carbonyl (C=O) groups is 1. The predicted molar refractivity (Wildman–Crippen MR) is 82.5 cm³/mol. The van der Waals surface area contributed by atoms with E-state index in [1.807, 2.05) is 19.9 Å². The van der Waals surface area contributed by atoms with Crippen molar-refractivity contribution < 1.29 is 4.79 Å². The molecule has 0 spiro atoms. The Balaban J connectivity index is 1.69. The molecular formula is C15H20N4OS. The van der Waals surface area contributed by atoms with Gasteiger partial charge in [-0.3, -0.25) is 4.79 Å². The van der Waals surface area contributed by atoms with E-state index in [4.69, 9.17) is 0 Å². The summed E-state index contributed by atoms with van der Waals surface area (Å²) >= 11 is 1.65. The van der Waals surface area contributed by atoms with Gasteiger partial charge < -0.3 is 9.88 Å². The van der Waals surface area contributed by atoms with Crippen molar-refractivity contribution in [3.05, 3.63) is 33.0 Å². The zero-order valence-electron chi connectivity index (χ0n) is 12.5. The van der Waals surface area contributed by atoms with Gasteiger partial charge in [0.05, 0.1) is 12.1 Å². The molecule has 6 heteroatoms. The normalized spacial score (nSPS) is 14.6. The molecule has 1 N–H and O–H groups in total. The van der Waals surface area contributed by atoms with Crippen LogP contribution in [0.5, 0.6) is 0 Å². The molecule has 2 aromatic rings. The minimum atomic E-state index is -0.0252. The monoisotopic (exact) mass is 304 g/mol. The fourth-order valence-electron chi connectivity index (χ4n) is 2.79. The Labute approximate surface area is 128 Å². The maximum absolute atomic E-state index is 12.2. The van der Waals surface area contributed by atoms with Gasteiger partial charge in [-0.05, 0) is 32.8 Å². The Morgan fingerprint density at radius 2 is 2.19 bits per heavy atom. The molecule has 0 atom stereocenters. The molecule has 1 aliphatic rings. The summed E-state index contributed by atoms with van der Waals surface area (Å²) in [5.41, 5.74) is 0.771. The lowest BCUT2D eigenvalue weighted by molar-refractivity contribution is 0.0949. The molecule has 3 rings (SSSR count). The van der Waals surface area contributed by atoms with E-state index in [2.05, 4.69) is 20.1 Å². The Bertz CT molecular complexity index is 659. The fraction of sp³-hybridized carbons (Fsp3) is 0.533. The third kappa shape index (κ3) is 3.00.